The monoisotopic (exact) mass is 260 g/mol. The van der Waals surface area contributed by atoms with E-state index in [2.05, 4.69) is 5.32 Å². The number of halogens is 3. The van der Waals surface area contributed by atoms with Gasteiger partial charge in [-0.1, -0.05) is 6.07 Å². The Morgan fingerprint density at radius 2 is 1.72 bits per heavy atom. The van der Waals surface area contributed by atoms with Crippen LogP contribution in [0.5, 0.6) is 0 Å². The Hall–Kier alpha value is -1.56. The van der Waals surface area contributed by atoms with Crippen LogP contribution < -0.4 is 10.6 Å². The number of hydrogen-bond donors (Lipinski definition) is 2. The van der Waals surface area contributed by atoms with Gasteiger partial charge in [0.25, 0.3) is 0 Å². The third-order valence-corrected chi connectivity index (χ3v) is 2.12. The van der Waals surface area contributed by atoms with Crippen molar-refractivity contribution >= 4 is 11.6 Å². The van der Waals surface area contributed by atoms with Gasteiger partial charge >= 0.3 is 6.18 Å². The van der Waals surface area contributed by atoms with Gasteiger partial charge in [-0.25, -0.2) is 0 Å². The van der Waals surface area contributed by atoms with Crippen molar-refractivity contribution in [3.63, 3.8) is 0 Å². The summed E-state index contributed by atoms with van der Waals surface area (Å²) < 4.78 is 35.5. The van der Waals surface area contributed by atoms with Gasteiger partial charge in [-0.05, 0) is 37.1 Å². The summed E-state index contributed by atoms with van der Waals surface area (Å²) in [6.45, 7) is 2.22. The van der Waals surface area contributed by atoms with Gasteiger partial charge in [-0.15, -0.1) is 0 Å². The topological polar surface area (TPSA) is 41.1 Å². The Kier molecular flexibility index (Phi) is 4.72. The van der Waals surface area contributed by atoms with Gasteiger partial charge < -0.3 is 10.6 Å². The number of aryl methyl sites for hydroxylation is 2. The maximum atomic E-state index is 11.8. The minimum atomic E-state index is -4.31. The van der Waals surface area contributed by atoms with E-state index in [1.807, 2.05) is 25.2 Å². The highest BCUT2D eigenvalue weighted by Crippen LogP contribution is 2.14. The predicted octanol–water partition coefficient (Wildman–Crippen LogP) is 2.39. The van der Waals surface area contributed by atoms with Crippen LogP contribution >= 0.6 is 0 Å². The zero-order valence-corrected chi connectivity index (χ0v) is 10.2. The molecule has 0 saturated heterocycles. The summed E-state index contributed by atoms with van der Waals surface area (Å²) in [5.41, 5.74) is 2.55. The van der Waals surface area contributed by atoms with Crippen molar-refractivity contribution in [1.29, 1.82) is 0 Å². The van der Waals surface area contributed by atoms with Crippen LogP contribution in [0.2, 0.25) is 0 Å². The van der Waals surface area contributed by atoms with Crippen molar-refractivity contribution in [2.45, 2.75) is 20.0 Å². The molecule has 0 atom stereocenters. The maximum Gasteiger partial charge on any atom is 0.401 e. The van der Waals surface area contributed by atoms with Gasteiger partial charge in [0.15, 0.2) is 0 Å². The third kappa shape index (κ3) is 5.67. The van der Waals surface area contributed by atoms with E-state index in [1.54, 1.807) is 12.1 Å². The summed E-state index contributed by atoms with van der Waals surface area (Å²) in [5, 5.41) is 4.58. The Morgan fingerprint density at radius 1 is 1.17 bits per heavy atom. The van der Waals surface area contributed by atoms with Crippen molar-refractivity contribution in [2.24, 2.45) is 0 Å². The summed E-state index contributed by atoms with van der Waals surface area (Å²) in [6, 6.07) is 5.46. The molecule has 0 aliphatic carbocycles. The lowest BCUT2D eigenvalue weighted by molar-refractivity contribution is -0.126. The zero-order valence-electron chi connectivity index (χ0n) is 10.2. The molecule has 0 heterocycles. The molecule has 0 aliphatic heterocycles. The molecule has 0 bridgehead atoms. The second-order valence-corrected chi connectivity index (χ2v) is 4.14. The molecule has 0 saturated carbocycles. The highest BCUT2D eigenvalue weighted by Gasteiger charge is 2.26. The third-order valence-electron chi connectivity index (χ3n) is 2.12. The zero-order chi connectivity index (χ0) is 13.8. The van der Waals surface area contributed by atoms with Crippen molar-refractivity contribution in [2.75, 3.05) is 18.4 Å². The Labute approximate surface area is 103 Å². The average molecular weight is 260 g/mol. The number of benzene rings is 1. The van der Waals surface area contributed by atoms with E-state index >= 15 is 0 Å². The van der Waals surface area contributed by atoms with Crippen LogP contribution in [0.4, 0.5) is 18.9 Å². The summed E-state index contributed by atoms with van der Waals surface area (Å²) in [6.07, 6.45) is -4.31. The Morgan fingerprint density at radius 3 is 2.22 bits per heavy atom. The molecule has 1 rings (SSSR count). The van der Waals surface area contributed by atoms with Gasteiger partial charge in [0.2, 0.25) is 5.91 Å². The SMILES string of the molecule is Cc1cc(C)cc(NC(=O)CNCC(F)(F)F)c1. The number of carbonyl (C=O) groups excluding carboxylic acids is 1. The molecule has 1 aromatic rings. The van der Waals surface area contributed by atoms with Crippen molar-refractivity contribution < 1.29 is 18.0 Å². The first-order valence-corrected chi connectivity index (χ1v) is 5.42. The first-order valence-electron chi connectivity index (χ1n) is 5.42. The molecule has 3 nitrogen and oxygen atoms in total. The van der Waals surface area contributed by atoms with E-state index < -0.39 is 18.6 Å². The summed E-state index contributed by atoms with van der Waals surface area (Å²) >= 11 is 0. The van der Waals surface area contributed by atoms with E-state index in [0.717, 1.165) is 11.1 Å². The quantitative estimate of drug-likeness (QED) is 0.872. The van der Waals surface area contributed by atoms with Crippen LogP contribution in [0.25, 0.3) is 0 Å². The highest BCUT2D eigenvalue weighted by molar-refractivity contribution is 5.92. The van der Waals surface area contributed by atoms with E-state index in [-0.39, 0.29) is 6.54 Å². The largest absolute Gasteiger partial charge is 0.401 e. The second kappa shape index (κ2) is 5.86. The number of nitrogens with one attached hydrogen (secondary N) is 2. The van der Waals surface area contributed by atoms with Crippen LogP contribution in [0.3, 0.4) is 0 Å². The molecule has 6 heteroatoms. The van der Waals surface area contributed by atoms with E-state index in [4.69, 9.17) is 0 Å². The second-order valence-electron chi connectivity index (χ2n) is 4.14. The number of amides is 1. The molecule has 0 fully saturated rings. The fourth-order valence-electron chi connectivity index (χ4n) is 1.57. The summed E-state index contributed by atoms with van der Waals surface area (Å²) in [4.78, 5) is 11.4. The van der Waals surface area contributed by atoms with Gasteiger partial charge in [0.05, 0.1) is 13.1 Å². The van der Waals surface area contributed by atoms with Gasteiger partial charge in [0.1, 0.15) is 0 Å². The van der Waals surface area contributed by atoms with Crippen molar-refractivity contribution in [3.8, 4) is 0 Å². The normalized spacial score (nSPS) is 11.4. The summed E-state index contributed by atoms with van der Waals surface area (Å²) in [7, 11) is 0. The van der Waals surface area contributed by atoms with Gasteiger partial charge in [-0.3, -0.25) is 4.79 Å². The fraction of sp³-hybridized carbons (Fsp3) is 0.417. The van der Waals surface area contributed by atoms with Crippen LogP contribution in [-0.2, 0) is 4.79 Å². The molecule has 0 unspecified atom stereocenters. The lowest BCUT2D eigenvalue weighted by Crippen LogP contribution is -2.35. The fourth-order valence-corrected chi connectivity index (χ4v) is 1.57. The van der Waals surface area contributed by atoms with Crippen molar-refractivity contribution in [1.82, 2.24) is 5.32 Å². The molecule has 0 radical (unpaired) electrons. The molecule has 2 N–H and O–H groups in total. The Bertz CT molecular complexity index is 410. The number of alkyl halides is 3. The molecule has 1 amide bonds. The van der Waals surface area contributed by atoms with Crippen molar-refractivity contribution in [3.05, 3.63) is 29.3 Å². The number of hydrogen-bond acceptors (Lipinski definition) is 2. The van der Waals surface area contributed by atoms with Crippen LogP contribution in [0, 0.1) is 13.8 Å². The minimum Gasteiger partial charge on any atom is -0.325 e. The van der Waals surface area contributed by atoms with Crippen LogP contribution in [-0.4, -0.2) is 25.2 Å². The lowest BCUT2D eigenvalue weighted by atomic mass is 10.1. The molecular formula is C12H15F3N2O. The highest BCUT2D eigenvalue weighted by atomic mass is 19.4. The first kappa shape index (κ1) is 14.5. The average Bonchev–Trinajstić information content (AvgIpc) is 2.12. The number of carbonyl (C=O) groups is 1. The van der Waals surface area contributed by atoms with Gasteiger partial charge in [0, 0.05) is 5.69 Å². The van der Waals surface area contributed by atoms with Crippen LogP contribution in [0.15, 0.2) is 18.2 Å². The van der Waals surface area contributed by atoms with E-state index in [9.17, 15) is 18.0 Å². The predicted molar refractivity (Wildman–Crippen MR) is 63.5 cm³/mol. The molecular weight excluding hydrogens is 245 g/mol. The summed E-state index contributed by atoms with van der Waals surface area (Å²) in [5.74, 6) is -0.496. The Balaban J connectivity index is 2.45. The van der Waals surface area contributed by atoms with Crippen LogP contribution in [0.1, 0.15) is 11.1 Å². The minimum absolute atomic E-state index is 0.369. The molecule has 100 valence electrons. The first-order chi connectivity index (χ1) is 8.26. The number of rotatable bonds is 4. The smallest absolute Gasteiger partial charge is 0.325 e. The standard InChI is InChI=1S/C12H15F3N2O/c1-8-3-9(2)5-10(4-8)17-11(18)6-16-7-12(13,14)15/h3-5,16H,6-7H2,1-2H3,(H,17,18). The molecule has 0 aromatic heterocycles. The lowest BCUT2D eigenvalue weighted by Gasteiger charge is -2.09. The maximum absolute atomic E-state index is 11.8. The molecule has 0 aliphatic rings. The molecule has 18 heavy (non-hydrogen) atoms. The molecule has 0 spiro atoms. The van der Waals surface area contributed by atoms with Gasteiger partial charge in [-0.2, -0.15) is 13.2 Å². The van der Waals surface area contributed by atoms with E-state index in [1.165, 1.54) is 0 Å². The van der Waals surface area contributed by atoms with E-state index in [0.29, 0.717) is 5.69 Å². The molecule has 1 aromatic carbocycles. The number of anilines is 1.